The average molecular weight is 362 g/mol. The smallest absolute Gasteiger partial charge is 0.222 e. The Kier molecular flexibility index (Phi) is 7.56. The van der Waals surface area contributed by atoms with Gasteiger partial charge >= 0.3 is 0 Å². The average Bonchev–Trinajstić information content (AvgIpc) is 2.87. The molecule has 1 N–H and O–H groups in total. The minimum atomic E-state index is 0. The summed E-state index contributed by atoms with van der Waals surface area (Å²) in [6.45, 7) is 2.85. The number of hydrogen-bond donors (Lipinski definition) is 1. The lowest BCUT2D eigenvalue weighted by Crippen LogP contribution is -2.30. The van der Waals surface area contributed by atoms with Crippen LogP contribution in [-0.4, -0.2) is 37.5 Å². The van der Waals surface area contributed by atoms with E-state index < -0.39 is 0 Å². The van der Waals surface area contributed by atoms with Crippen molar-refractivity contribution >= 4 is 34.2 Å². The maximum absolute atomic E-state index is 12.1. The lowest BCUT2D eigenvalue weighted by Gasteiger charge is -2.16. The monoisotopic (exact) mass is 360 g/mol. The van der Waals surface area contributed by atoms with Gasteiger partial charge in [0, 0.05) is 24.0 Å². The van der Waals surface area contributed by atoms with Crippen LogP contribution in [0.15, 0.2) is 28.7 Å². The van der Waals surface area contributed by atoms with Gasteiger partial charge in [-0.15, -0.1) is 12.4 Å². The van der Waals surface area contributed by atoms with Gasteiger partial charge in [-0.25, -0.2) is 0 Å². The molecule has 3 nitrogen and oxygen atoms in total. The molecule has 1 aliphatic heterocycles. The van der Waals surface area contributed by atoms with E-state index in [1.165, 1.54) is 5.56 Å². The van der Waals surface area contributed by atoms with Crippen LogP contribution in [0.2, 0.25) is 0 Å². The summed E-state index contributed by atoms with van der Waals surface area (Å²) in [6.07, 6.45) is 2.58. The lowest BCUT2D eigenvalue weighted by atomic mass is 10.1. The number of likely N-dealkylation sites (tertiary alicyclic amines) is 1. The standard InChI is InChI=1S/C15H21BrN2O.ClH/c1-17-10-13-8-9-18(11-13)15(19)7-4-12-2-5-14(16)6-3-12;/h2-3,5-6,13,17H,4,7-11H2,1H3;1H. The molecule has 112 valence electrons. The van der Waals surface area contributed by atoms with Gasteiger partial charge < -0.3 is 10.2 Å². The number of carbonyl (C=O) groups excluding carboxylic acids is 1. The zero-order valence-corrected chi connectivity index (χ0v) is 14.2. The van der Waals surface area contributed by atoms with Gasteiger partial charge in [0.05, 0.1) is 0 Å². The Labute approximate surface area is 135 Å². The Morgan fingerprint density at radius 2 is 2.10 bits per heavy atom. The zero-order valence-electron chi connectivity index (χ0n) is 11.8. The van der Waals surface area contributed by atoms with E-state index in [1.54, 1.807) is 0 Å². The van der Waals surface area contributed by atoms with Crippen molar-refractivity contribution in [1.82, 2.24) is 10.2 Å². The summed E-state index contributed by atoms with van der Waals surface area (Å²) in [5, 5.41) is 3.19. The Morgan fingerprint density at radius 1 is 1.40 bits per heavy atom. The van der Waals surface area contributed by atoms with Crippen LogP contribution >= 0.6 is 28.3 Å². The van der Waals surface area contributed by atoms with Crippen molar-refractivity contribution in [2.75, 3.05) is 26.7 Å². The van der Waals surface area contributed by atoms with Crippen LogP contribution in [0.4, 0.5) is 0 Å². The molecule has 0 aliphatic carbocycles. The minimum Gasteiger partial charge on any atom is -0.342 e. The number of halogens is 2. The van der Waals surface area contributed by atoms with E-state index >= 15 is 0 Å². The van der Waals surface area contributed by atoms with Crippen LogP contribution in [0.1, 0.15) is 18.4 Å². The minimum absolute atomic E-state index is 0. The first-order valence-electron chi connectivity index (χ1n) is 6.86. The highest BCUT2D eigenvalue weighted by Crippen LogP contribution is 2.17. The number of aryl methyl sites for hydroxylation is 1. The van der Waals surface area contributed by atoms with Gasteiger partial charge in [-0.3, -0.25) is 4.79 Å². The van der Waals surface area contributed by atoms with Crippen LogP contribution in [0.3, 0.4) is 0 Å². The molecule has 0 saturated carbocycles. The van der Waals surface area contributed by atoms with Crippen LogP contribution in [0.5, 0.6) is 0 Å². The summed E-state index contributed by atoms with van der Waals surface area (Å²) in [5.74, 6) is 0.920. The second kappa shape index (κ2) is 8.65. The number of carbonyl (C=O) groups is 1. The number of nitrogens with one attached hydrogen (secondary N) is 1. The van der Waals surface area contributed by atoms with E-state index in [4.69, 9.17) is 0 Å². The van der Waals surface area contributed by atoms with E-state index in [9.17, 15) is 4.79 Å². The van der Waals surface area contributed by atoms with Crippen molar-refractivity contribution < 1.29 is 4.79 Å². The molecule has 5 heteroatoms. The van der Waals surface area contributed by atoms with E-state index in [2.05, 4.69) is 33.4 Å². The molecule has 1 amide bonds. The molecule has 20 heavy (non-hydrogen) atoms. The molecule has 0 radical (unpaired) electrons. The molecular formula is C15H22BrClN2O. The van der Waals surface area contributed by atoms with E-state index in [1.807, 2.05) is 24.1 Å². The van der Waals surface area contributed by atoms with Crippen molar-refractivity contribution in [1.29, 1.82) is 0 Å². The molecule has 0 spiro atoms. The predicted octanol–water partition coefficient (Wildman–Crippen LogP) is 2.87. The lowest BCUT2D eigenvalue weighted by molar-refractivity contribution is -0.130. The topological polar surface area (TPSA) is 32.3 Å². The van der Waals surface area contributed by atoms with Crippen LogP contribution in [0, 0.1) is 5.92 Å². The Bertz CT molecular complexity index is 424. The van der Waals surface area contributed by atoms with Gasteiger partial charge in [0.1, 0.15) is 0 Å². The SMILES string of the molecule is CNCC1CCN(C(=O)CCc2ccc(Br)cc2)C1.Cl. The number of hydrogen-bond acceptors (Lipinski definition) is 2. The quantitative estimate of drug-likeness (QED) is 0.874. The Morgan fingerprint density at radius 3 is 2.75 bits per heavy atom. The molecule has 1 atom stereocenters. The summed E-state index contributed by atoms with van der Waals surface area (Å²) in [4.78, 5) is 14.1. The van der Waals surface area contributed by atoms with E-state index in [-0.39, 0.29) is 12.4 Å². The molecule has 1 unspecified atom stereocenters. The molecule has 0 aromatic heterocycles. The third-order valence-electron chi connectivity index (χ3n) is 3.67. The van der Waals surface area contributed by atoms with Crippen molar-refractivity contribution in [3.8, 4) is 0 Å². The molecule has 1 aromatic carbocycles. The van der Waals surface area contributed by atoms with Gasteiger partial charge in [-0.05, 0) is 50.0 Å². The number of rotatable bonds is 5. The maximum Gasteiger partial charge on any atom is 0.222 e. The third-order valence-corrected chi connectivity index (χ3v) is 4.20. The summed E-state index contributed by atoms with van der Waals surface area (Å²) in [6, 6.07) is 8.20. The molecular weight excluding hydrogens is 340 g/mol. The summed E-state index contributed by atoms with van der Waals surface area (Å²) < 4.78 is 1.08. The predicted molar refractivity (Wildman–Crippen MR) is 88.3 cm³/mol. The molecule has 0 bridgehead atoms. The molecule has 1 saturated heterocycles. The Hall–Kier alpha value is -0.580. The largest absolute Gasteiger partial charge is 0.342 e. The fraction of sp³-hybridized carbons (Fsp3) is 0.533. The first-order chi connectivity index (χ1) is 9.19. The van der Waals surface area contributed by atoms with Gasteiger partial charge in [0.2, 0.25) is 5.91 Å². The first-order valence-corrected chi connectivity index (χ1v) is 7.65. The van der Waals surface area contributed by atoms with Crippen molar-refractivity contribution in [2.24, 2.45) is 5.92 Å². The second-order valence-electron chi connectivity index (χ2n) is 5.18. The molecule has 1 aromatic rings. The van der Waals surface area contributed by atoms with Crippen molar-refractivity contribution in [2.45, 2.75) is 19.3 Å². The normalized spacial score (nSPS) is 17.9. The molecule has 2 rings (SSSR count). The van der Waals surface area contributed by atoms with Gasteiger partial charge in [-0.1, -0.05) is 28.1 Å². The highest BCUT2D eigenvalue weighted by Gasteiger charge is 2.25. The molecule has 1 fully saturated rings. The fourth-order valence-corrected chi connectivity index (χ4v) is 2.84. The van der Waals surface area contributed by atoms with Crippen LogP contribution in [-0.2, 0) is 11.2 Å². The van der Waals surface area contributed by atoms with E-state index in [0.29, 0.717) is 18.2 Å². The zero-order chi connectivity index (χ0) is 13.7. The highest BCUT2D eigenvalue weighted by molar-refractivity contribution is 9.10. The molecule has 1 heterocycles. The van der Waals surface area contributed by atoms with Crippen molar-refractivity contribution in [3.05, 3.63) is 34.3 Å². The maximum atomic E-state index is 12.1. The van der Waals surface area contributed by atoms with E-state index in [0.717, 1.165) is 36.9 Å². The Balaban J connectivity index is 0.00000200. The number of amides is 1. The third kappa shape index (κ3) is 5.08. The highest BCUT2D eigenvalue weighted by atomic mass is 79.9. The van der Waals surface area contributed by atoms with Gasteiger partial charge in [0.15, 0.2) is 0 Å². The van der Waals surface area contributed by atoms with Gasteiger partial charge in [0.25, 0.3) is 0 Å². The molecule has 1 aliphatic rings. The fourth-order valence-electron chi connectivity index (χ4n) is 2.57. The second-order valence-corrected chi connectivity index (χ2v) is 6.09. The van der Waals surface area contributed by atoms with Crippen molar-refractivity contribution in [3.63, 3.8) is 0 Å². The summed E-state index contributed by atoms with van der Waals surface area (Å²) in [5.41, 5.74) is 1.22. The summed E-state index contributed by atoms with van der Waals surface area (Å²) in [7, 11) is 1.97. The summed E-state index contributed by atoms with van der Waals surface area (Å²) >= 11 is 3.42. The number of benzene rings is 1. The van der Waals surface area contributed by atoms with Gasteiger partial charge in [-0.2, -0.15) is 0 Å². The first kappa shape index (κ1) is 17.5. The van der Waals surface area contributed by atoms with Crippen LogP contribution < -0.4 is 5.32 Å². The number of nitrogens with zero attached hydrogens (tertiary/aromatic N) is 1. The van der Waals surface area contributed by atoms with Crippen LogP contribution in [0.25, 0.3) is 0 Å².